The molecule has 0 bridgehead atoms. The van der Waals surface area contributed by atoms with Crippen LogP contribution in [-0.4, -0.2) is 50.8 Å². The number of carbonyl (C=O) groups is 1. The Bertz CT molecular complexity index is 177. The molecule has 0 fully saturated rings. The fourth-order valence-electron chi connectivity index (χ4n) is 0.868. The Morgan fingerprint density at radius 1 is 1.53 bits per heavy atom. The summed E-state index contributed by atoms with van der Waals surface area (Å²) in [4.78, 5) is 11.2. The van der Waals surface area contributed by atoms with E-state index in [-0.39, 0.29) is 5.91 Å². The fourth-order valence-corrected chi connectivity index (χ4v) is 1.45. The van der Waals surface area contributed by atoms with Gasteiger partial charge >= 0.3 is 0 Å². The highest BCUT2D eigenvalue weighted by atomic mass is 32.2. The van der Waals surface area contributed by atoms with Crippen LogP contribution in [0, 0.1) is 0 Å². The van der Waals surface area contributed by atoms with Gasteiger partial charge in [-0.05, 0) is 0 Å². The quantitative estimate of drug-likeness (QED) is 0.419. The number of rotatable bonds is 10. The second-order valence-corrected chi connectivity index (χ2v) is 4.03. The number of hydrogen-bond acceptors (Lipinski definition) is 4. The lowest BCUT2D eigenvalue weighted by Gasteiger charge is -2.05. The van der Waals surface area contributed by atoms with E-state index in [1.165, 1.54) is 0 Å². The standard InChI is InChI=1S/C10H20N2O2S/c1-3-7-15-8-5-12-10(13)9-11-4-6-14-2/h3,11H,1,4-9H2,2H3,(H,12,13). The maximum atomic E-state index is 11.2. The third-order valence-electron chi connectivity index (χ3n) is 1.57. The van der Waals surface area contributed by atoms with Crippen molar-refractivity contribution in [3.63, 3.8) is 0 Å². The van der Waals surface area contributed by atoms with Crippen LogP contribution < -0.4 is 10.6 Å². The van der Waals surface area contributed by atoms with Crippen molar-refractivity contribution in [1.82, 2.24) is 10.6 Å². The summed E-state index contributed by atoms with van der Waals surface area (Å²) in [5, 5.41) is 5.80. The van der Waals surface area contributed by atoms with Gasteiger partial charge in [0.1, 0.15) is 0 Å². The monoisotopic (exact) mass is 232 g/mol. The van der Waals surface area contributed by atoms with Crippen LogP contribution in [0.5, 0.6) is 0 Å². The highest BCUT2D eigenvalue weighted by Crippen LogP contribution is 1.96. The van der Waals surface area contributed by atoms with Crippen molar-refractivity contribution in [2.75, 3.05) is 44.9 Å². The molecule has 0 saturated carbocycles. The maximum Gasteiger partial charge on any atom is 0.233 e. The molecule has 15 heavy (non-hydrogen) atoms. The molecule has 0 rings (SSSR count). The predicted octanol–water partition coefficient (Wildman–Crippen LogP) is 0.258. The lowest BCUT2D eigenvalue weighted by Crippen LogP contribution is -2.36. The zero-order valence-corrected chi connectivity index (χ0v) is 10.1. The molecule has 0 aromatic carbocycles. The molecular formula is C10H20N2O2S. The molecule has 0 heterocycles. The molecule has 88 valence electrons. The number of carbonyl (C=O) groups excluding carboxylic acids is 1. The van der Waals surface area contributed by atoms with Gasteiger partial charge in [0.15, 0.2) is 0 Å². The SMILES string of the molecule is C=CCSCCNC(=O)CNCCOC. The summed E-state index contributed by atoms with van der Waals surface area (Å²) in [6, 6.07) is 0. The van der Waals surface area contributed by atoms with Gasteiger partial charge < -0.3 is 15.4 Å². The minimum absolute atomic E-state index is 0.0327. The van der Waals surface area contributed by atoms with Gasteiger partial charge in [-0.3, -0.25) is 4.79 Å². The summed E-state index contributed by atoms with van der Waals surface area (Å²) in [6.45, 7) is 6.02. The topological polar surface area (TPSA) is 50.4 Å². The molecule has 4 nitrogen and oxygen atoms in total. The van der Waals surface area contributed by atoms with E-state index in [4.69, 9.17) is 4.74 Å². The average Bonchev–Trinajstić information content (AvgIpc) is 2.24. The average molecular weight is 232 g/mol. The first-order valence-electron chi connectivity index (χ1n) is 4.96. The molecule has 5 heteroatoms. The smallest absolute Gasteiger partial charge is 0.233 e. The summed E-state index contributed by atoms with van der Waals surface area (Å²) in [5.41, 5.74) is 0. The number of ether oxygens (including phenoxy) is 1. The van der Waals surface area contributed by atoms with Crippen LogP contribution in [0.15, 0.2) is 12.7 Å². The Morgan fingerprint density at radius 2 is 2.33 bits per heavy atom. The third-order valence-corrected chi connectivity index (χ3v) is 2.54. The van der Waals surface area contributed by atoms with Gasteiger partial charge in [0.25, 0.3) is 0 Å². The van der Waals surface area contributed by atoms with Crippen molar-refractivity contribution >= 4 is 17.7 Å². The zero-order chi connectivity index (χ0) is 11.4. The summed E-state index contributed by atoms with van der Waals surface area (Å²) in [6.07, 6.45) is 1.86. The first kappa shape index (κ1) is 14.5. The number of amides is 1. The molecule has 0 aliphatic rings. The predicted molar refractivity (Wildman–Crippen MR) is 65.3 cm³/mol. The van der Waals surface area contributed by atoms with E-state index in [1.54, 1.807) is 18.9 Å². The lowest BCUT2D eigenvalue weighted by atomic mass is 10.5. The lowest BCUT2D eigenvalue weighted by molar-refractivity contribution is -0.120. The van der Waals surface area contributed by atoms with Crippen LogP contribution in [-0.2, 0) is 9.53 Å². The molecule has 0 saturated heterocycles. The van der Waals surface area contributed by atoms with E-state index >= 15 is 0 Å². The summed E-state index contributed by atoms with van der Waals surface area (Å²) in [7, 11) is 1.64. The Balaban J connectivity index is 3.15. The molecule has 0 aromatic heterocycles. The second-order valence-electron chi connectivity index (χ2n) is 2.88. The summed E-state index contributed by atoms with van der Waals surface area (Å²) < 4.78 is 4.84. The Hall–Kier alpha value is -0.520. The molecule has 0 atom stereocenters. The van der Waals surface area contributed by atoms with E-state index < -0.39 is 0 Å². The number of methoxy groups -OCH3 is 1. The van der Waals surface area contributed by atoms with Crippen LogP contribution >= 0.6 is 11.8 Å². The first-order valence-corrected chi connectivity index (χ1v) is 6.11. The van der Waals surface area contributed by atoms with Crippen molar-refractivity contribution in [1.29, 1.82) is 0 Å². The fraction of sp³-hybridized carbons (Fsp3) is 0.700. The highest BCUT2D eigenvalue weighted by molar-refractivity contribution is 7.99. The van der Waals surface area contributed by atoms with Gasteiger partial charge in [-0.15, -0.1) is 6.58 Å². The molecule has 0 aromatic rings. The van der Waals surface area contributed by atoms with Crippen molar-refractivity contribution in [3.05, 3.63) is 12.7 Å². The molecule has 0 aliphatic heterocycles. The molecule has 0 aliphatic carbocycles. The van der Waals surface area contributed by atoms with Gasteiger partial charge in [0.2, 0.25) is 5.91 Å². The van der Waals surface area contributed by atoms with Gasteiger partial charge in [0.05, 0.1) is 13.2 Å². The Morgan fingerprint density at radius 3 is 3.00 bits per heavy atom. The van der Waals surface area contributed by atoms with Crippen LogP contribution in [0.1, 0.15) is 0 Å². The maximum absolute atomic E-state index is 11.2. The van der Waals surface area contributed by atoms with E-state index in [9.17, 15) is 4.79 Å². The summed E-state index contributed by atoms with van der Waals surface area (Å²) in [5.74, 6) is 1.89. The molecule has 0 unspecified atom stereocenters. The van der Waals surface area contributed by atoms with Crippen molar-refractivity contribution in [3.8, 4) is 0 Å². The van der Waals surface area contributed by atoms with Gasteiger partial charge in [-0.2, -0.15) is 11.8 Å². The Kier molecular flexibility index (Phi) is 11.2. The van der Waals surface area contributed by atoms with E-state index in [0.29, 0.717) is 26.2 Å². The zero-order valence-electron chi connectivity index (χ0n) is 9.25. The molecular weight excluding hydrogens is 212 g/mol. The van der Waals surface area contributed by atoms with Crippen LogP contribution in [0.3, 0.4) is 0 Å². The molecule has 2 N–H and O–H groups in total. The van der Waals surface area contributed by atoms with Gasteiger partial charge in [-0.1, -0.05) is 6.08 Å². The van der Waals surface area contributed by atoms with Crippen molar-refractivity contribution < 1.29 is 9.53 Å². The minimum Gasteiger partial charge on any atom is -0.383 e. The normalized spacial score (nSPS) is 9.93. The van der Waals surface area contributed by atoms with E-state index in [0.717, 1.165) is 11.5 Å². The summed E-state index contributed by atoms with van der Waals surface area (Å²) >= 11 is 1.75. The largest absolute Gasteiger partial charge is 0.383 e. The second kappa shape index (κ2) is 11.6. The first-order chi connectivity index (χ1) is 7.31. The van der Waals surface area contributed by atoms with Crippen molar-refractivity contribution in [2.24, 2.45) is 0 Å². The third kappa shape index (κ3) is 11.4. The van der Waals surface area contributed by atoms with Crippen LogP contribution in [0.2, 0.25) is 0 Å². The van der Waals surface area contributed by atoms with E-state index in [1.807, 2.05) is 6.08 Å². The Labute approximate surface area is 95.8 Å². The molecule has 0 spiro atoms. The van der Waals surface area contributed by atoms with Gasteiger partial charge in [-0.25, -0.2) is 0 Å². The molecule has 1 amide bonds. The number of hydrogen-bond donors (Lipinski definition) is 2. The number of thioether (sulfide) groups is 1. The van der Waals surface area contributed by atoms with Crippen LogP contribution in [0.25, 0.3) is 0 Å². The minimum atomic E-state index is 0.0327. The number of nitrogens with one attached hydrogen (secondary N) is 2. The van der Waals surface area contributed by atoms with E-state index in [2.05, 4.69) is 17.2 Å². The van der Waals surface area contributed by atoms with Crippen molar-refractivity contribution in [2.45, 2.75) is 0 Å². The van der Waals surface area contributed by atoms with Gasteiger partial charge in [0, 0.05) is 31.7 Å². The highest BCUT2D eigenvalue weighted by Gasteiger charge is 1.98. The van der Waals surface area contributed by atoms with Crippen LogP contribution in [0.4, 0.5) is 0 Å². The molecule has 0 radical (unpaired) electrons.